The summed E-state index contributed by atoms with van der Waals surface area (Å²) < 4.78 is 1.20. The largest absolute Gasteiger partial charge is 0.106 e. The number of alkyl halides is 1. The van der Waals surface area contributed by atoms with Gasteiger partial charge in [-0.15, -0.1) is 26.3 Å². The molecule has 0 unspecified atom stereocenters. The van der Waals surface area contributed by atoms with Crippen molar-refractivity contribution in [3.05, 3.63) is 38.5 Å². The van der Waals surface area contributed by atoms with E-state index in [1.54, 1.807) is 6.08 Å². The number of allylic oxidation sites excluding steroid dienone is 2. The van der Waals surface area contributed by atoms with Crippen molar-refractivity contribution in [3.63, 3.8) is 0 Å². The first-order valence-corrected chi connectivity index (χ1v) is 4.59. The fraction of sp³-hybridized carbons (Fsp3) is 0.333. The van der Waals surface area contributed by atoms with Crippen LogP contribution in [0, 0.1) is 0 Å². The Balaban J connectivity index is -0.0000000847. The van der Waals surface area contributed by atoms with E-state index < -0.39 is 0 Å². The average molecular weight is 252 g/mol. The van der Waals surface area contributed by atoms with Gasteiger partial charge >= 0.3 is 0 Å². The van der Waals surface area contributed by atoms with Crippen molar-refractivity contribution in [1.82, 2.24) is 0 Å². The van der Waals surface area contributed by atoms with Crippen LogP contribution in [0.15, 0.2) is 38.5 Å². The molecular formula is C9H17I. The number of hydrogen-bond donors (Lipinski definition) is 0. The Labute approximate surface area is 78.9 Å². The van der Waals surface area contributed by atoms with Gasteiger partial charge in [0.2, 0.25) is 0 Å². The highest BCUT2D eigenvalue weighted by Gasteiger charge is 1.63. The molecule has 0 saturated heterocycles. The Morgan fingerprint density at radius 1 is 1.30 bits per heavy atom. The maximum absolute atomic E-state index is 3.55. The van der Waals surface area contributed by atoms with Crippen molar-refractivity contribution in [2.24, 2.45) is 0 Å². The highest BCUT2D eigenvalue weighted by Crippen LogP contribution is 1.85. The molecule has 0 heterocycles. The first-order valence-electron chi connectivity index (χ1n) is 3.07. The van der Waals surface area contributed by atoms with Crippen LogP contribution in [0.1, 0.15) is 13.3 Å². The normalized spacial score (nSPS) is 5.40. The van der Waals surface area contributed by atoms with Crippen molar-refractivity contribution >= 4 is 22.6 Å². The van der Waals surface area contributed by atoms with E-state index in [9.17, 15) is 0 Å². The Hall–Kier alpha value is -0.0500. The Morgan fingerprint density at radius 2 is 1.60 bits per heavy atom. The minimum absolute atomic E-state index is 1.14. The van der Waals surface area contributed by atoms with Crippen LogP contribution in [0.2, 0.25) is 0 Å². The van der Waals surface area contributed by atoms with Gasteiger partial charge in [-0.05, 0) is 13.3 Å². The zero-order valence-corrected chi connectivity index (χ0v) is 8.93. The van der Waals surface area contributed by atoms with Gasteiger partial charge in [0, 0.05) is 4.43 Å². The zero-order valence-electron chi connectivity index (χ0n) is 6.78. The van der Waals surface area contributed by atoms with Crippen LogP contribution in [0.3, 0.4) is 0 Å². The molecule has 0 rings (SSSR count). The lowest BCUT2D eigenvalue weighted by atomic mass is 10.5. The van der Waals surface area contributed by atoms with Crippen LogP contribution in [0.4, 0.5) is 0 Å². The molecule has 0 bridgehead atoms. The predicted octanol–water partition coefficient (Wildman–Crippen LogP) is 3.99. The van der Waals surface area contributed by atoms with Gasteiger partial charge < -0.3 is 0 Å². The molecule has 0 radical (unpaired) electrons. The number of rotatable bonds is 2. The summed E-state index contributed by atoms with van der Waals surface area (Å²) in [5.74, 6) is 0. The number of halogens is 1. The minimum atomic E-state index is 1.14. The quantitative estimate of drug-likeness (QED) is 0.396. The topological polar surface area (TPSA) is 0 Å². The highest BCUT2D eigenvalue weighted by atomic mass is 127. The predicted molar refractivity (Wildman–Crippen MR) is 60.8 cm³/mol. The second kappa shape index (κ2) is 36.3. The van der Waals surface area contributed by atoms with E-state index in [4.69, 9.17) is 0 Å². The summed E-state index contributed by atoms with van der Waals surface area (Å²) in [6, 6.07) is 0. The lowest BCUT2D eigenvalue weighted by Crippen LogP contribution is -1.58. The standard InChI is InChI=1S/C4H7I.C3H6.C2H4/c1-2-3-4-5;1-3-2;1-2/h2H,1,3-4H2;3H,1H2,2H3;1-2H2. The third-order valence-electron chi connectivity index (χ3n) is 0.313. The summed E-state index contributed by atoms with van der Waals surface area (Å²) in [6.45, 7) is 14.8. The van der Waals surface area contributed by atoms with E-state index in [1.807, 2.05) is 13.0 Å². The summed E-state index contributed by atoms with van der Waals surface area (Å²) in [6.07, 6.45) is 4.81. The summed E-state index contributed by atoms with van der Waals surface area (Å²) in [7, 11) is 0. The fourth-order valence-electron chi connectivity index (χ4n) is 0.0772. The molecule has 0 aromatic carbocycles. The molecule has 1 heteroatoms. The van der Waals surface area contributed by atoms with E-state index in [2.05, 4.69) is 48.9 Å². The molecule has 0 aromatic heterocycles. The van der Waals surface area contributed by atoms with Crippen molar-refractivity contribution in [2.45, 2.75) is 13.3 Å². The molecule has 0 amide bonds. The summed E-state index contributed by atoms with van der Waals surface area (Å²) in [5.41, 5.74) is 0. The molecule has 0 aliphatic carbocycles. The fourth-order valence-corrected chi connectivity index (χ4v) is 0.518. The van der Waals surface area contributed by atoms with Gasteiger partial charge in [-0.2, -0.15) is 0 Å². The molecule has 0 saturated carbocycles. The molecule has 0 aliphatic rings. The van der Waals surface area contributed by atoms with Crippen molar-refractivity contribution < 1.29 is 0 Å². The second-order valence-electron chi connectivity index (χ2n) is 1.17. The Bertz CT molecular complexity index is 57.7. The van der Waals surface area contributed by atoms with Gasteiger partial charge in [0.1, 0.15) is 0 Å². The van der Waals surface area contributed by atoms with Crippen LogP contribution >= 0.6 is 22.6 Å². The maximum atomic E-state index is 3.55. The summed E-state index contributed by atoms with van der Waals surface area (Å²) >= 11 is 2.32. The van der Waals surface area contributed by atoms with Crippen molar-refractivity contribution in [1.29, 1.82) is 0 Å². The molecule has 0 aromatic rings. The van der Waals surface area contributed by atoms with E-state index in [0.29, 0.717) is 0 Å². The van der Waals surface area contributed by atoms with Gasteiger partial charge in [-0.1, -0.05) is 34.7 Å². The van der Waals surface area contributed by atoms with E-state index in [0.717, 1.165) is 6.42 Å². The lowest BCUT2D eigenvalue weighted by molar-refractivity contribution is 1.29. The summed E-state index contributed by atoms with van der Waals surface area (Å²) in [4.78, 5) is 0. The third kappa shape index (κ3) is 101. The van der Waals surface area contributed by atoms with E-state index >= 15 is 0 Å². The molecule has 0 nitrogen and oxygen atoms in total. The summed E-state index contributed by atoms with van der Waals surface area (Å²) in [5, 5.41) is 0. The average Bonchev–Trinajstić information content (AvgIpc) is 1.96. The smallest absolute Gasteiger partial charge is 0.00298 e. The molecule has 0 aliphatic heterocycles. The van der Waals surface area contributed by atoms with Crippen LogP contribution in [0.25, 0.3) is 0 Å². The monoisotopic (exact) mass is 252 g/mol. The van der Waals surface area contributed by atoms with E-state index in [1.165, 1.54) is 4.43 Å². The first-order chi connectivity index (χ1) is 4.83. The van der Waals surface area contributed by atoms with Gasteiger partial charge in [-0.25, -0.2) is 0 Å². The second-order valence-corrected chi connectivity index (χ2v) is 2.25. The minimum Gasteiger partial charge on any atom is -0.106 e. The van der Waals surface area contributed by atoms with Crippen LogP contribution in [0.5, 0.6) is 0 Å². The molecule has 0 fully saturated rings. The molecular weight excluding hydrogens is 235 g/mol. The van der Waals surface area contributed by atoms with Gasteiger partial charge in [0.05, 0.1) is 0 Å². The molecule has 60 valence electrons. The van der Waals surface area contributed by atoms with Crippen LogP contribution < -0.4 is 0 Å². The van der Waals surface area contributed by atoms with Gasteiger partial charge in [0.15, 0.2) is 0 Å². The maximum Gasteiger partial charge on any atom is 0.00298 e. The van der Waals surface area contributed by atoms with E-state index in [-0.39, 0.29) is 0 Å². The van der Waals surface area contributed by atoms with Crippen LogP contribution in [-0.4, -0.2) is 4.43 Å². The highest BCUT2D eigenvalue weighted by molar-refractivity contribution is 14.1. The lowest BCUT2D eigenvalue weighted by Gasteiger charge is -1.71. The third-order valence-corrected chi connectivity index (χ3v) is 0.936. The van der Waals surface area contributed by atoms with Crippen molar-refractivity contribution in [2.75, 3.05) is 4.43 Å². The first kappa shape index (κ1) is 16.5. The molecule has 0 spiro atoms. The van der Waals surface area contributed by atoms with Crippen molar-refractivity contribution in [3.8, 4) is 0 Å². The SMILES string of the molecule is C=C.C=CC.C=CCCI. The number of hydrogen-bond acceptors (Lipinski definition) is 0. The van der Waals surface area contributed by atoms with Gasteiger partial charge in [0.25, 0.3) is 0 Å². The molecule has 0 N–H and O–H groups in total. The Morgan fingerprint density at radius 3 is 1.60 bits per heavy atom. The Kier molecular flexibility index (Phi) is 59.8. The molecule has 0 atom stereocenters. The van der Waals surface area contributed by atoms with Crippen LogP contribution in [-0.2, 0) is 0 Å². The zero-order chi connectivity index (χ0) is 8.83. The van der Waals surface area contributed by atoms with Gasteiger partial charge in [-0.3, -0.25) is 0 Å². The molecule has 10 heavy (non-hydrogen) atoms.